The summed E-state index contributed by atoms with van der Waals surface area (Å²) in [4.78, 5) is 0. The third kappa shape index (κ3) is 2.48. The second-order valence-corrected chi connectivity index (χ2v) is 3.94. The maximum absolute atomic E-state index is 5.91. The molecule has 1 aromatic carbocycles. The number of nitrogen functional groups attached to an aromatic ring is 1. The summed E-state index contributed by atoms with van der Waals surface area (Å²) in [5, 5.41) is 0. The van der Waals surface area contributed by atoms with E-state index in [1.54, 1.807) is 0 Å². The van der Waals surface area contributed by atoms with Crippen LogP contribution in [0.4, 0.5) is 5.69 Å². The van der Waals surface area contributed by atoms with Crippen LogP contribution in [-0.4, -0.2) is 0 Å². The van der Waals surface area contributed by atoms with Crippen LogP contribution in [0, 0.1) is 5.92 Å². The minimum absolute atomic E-state index is 0.701. The van der Waals surface area contributed by atoms with Crippen LogP contribution < -0.4 is 5.73 Å². The van der Waals surface area contributed by atoms with Gasteiger partial charge in [0, 0.05) is 5.69 Å². The highest BCUT2D eigenvalue weighted by atomic mass is 14.6. The van der Waals surface area contributed by atoms with Crippen molar-refractivity contribution >= 4 is 5.69 Å². The van der Waals surface area contributed by atoms with Crippen molar-refractivity contribution in [2.24, 2.45) is 5.92 Å². The van der Waals surface area contributed by atoms with Gasteiger partial charge in [0.25, 0.3) is 0 Å². The minimum Gasteiger partial charge on any atom is -0.398 e. The lowest BCUT2D eigenvalue weighted by Crippen LogP contribution is -2.02. The topological polar surface area (TPSA) is 26.0 Å². The molecule has 0 bridgehead atoms. The van der Waals surface area contributed by atoms with Gasteiger partial charge in [0.1, 0.15) is 0 Å². The van der Waals surface area contributed by atoms with E-state index in [1.165, 1.54) is 11.1 Å². The van der Waals surface area contributed by atoms with Gasteiger partial charge in [0.2, 0.25) is 0 Å². The molecule has 1 nitrogen and oxygen atoms in total. The average molecular weight is 177 g/mol. The summed E-state index contributed by atoms with van der Waals surface area (Å²) in [7, 11) is 0. The van der Waals surface area contributed by atoms with Crippen molar-refractivity contribution < 1.29 is 0 Å². The van der Waals surface area contributed by atoms with Gasteiger partial charge in [-0.15, -0.1) is 0 Å². The molecule has 0 saturated heterocycles. The zero-order valence-corrected chi connectivity index (χ0v) is 8.80. The number of hydrogen-bond acceptors (Lipinski definition) is 1. The van der Waals surface area contributed by atoms with Gasteiger partial charge in [-0.2, -0.15) is 0 Å². The summed E-state index contributed by atoms with van der Waals surface area (Å²) in [6, 6.07) is 6.23. The highest BCUT2D eigenvalue weighted by molar-refractivity contribution is 5.51. The number of rotatable bonds is 3. The molecular weight excluding hydrogens is 158 g/mol. The van der Waals surface area contributed by atoms with E-state index in [4.69, 9.17) is 5.73 Å². The number of anilines is 1. The van der Waals surface area contributed by atoms with Gasteiger partial charge in [-0.1, -0.05) is 32.9 Å². The Morgan fingerprint density at radius 2 is 2.00 bits per heavy atom. The molecule has 0 heterocycles. The van der Waals surface area contributed by atoms with Crippen molar-refractivity contribution in [2.75, 3.05) is 5.73 Å². The Balaban J connectivity index is 2.98. The first kappa shape index (κ1) is 10.1. The fraction of sp³-hybridized carbons (Fsp3) is 0.500. The fourth-order valence-electron chi connectivity index (χ4n) is 1.72. The molecule has 1 heteroatoms. The minimum atomic E-state index is 0.701. The van der Waals surface area contributed by atoms with Gasteiger partial charge in [0.05, 0.1) is 0 Å². The van der Waals surface area contributed by atoms with E-state index < -0.39 is 0 Å². The maximum Gasteiger partial charge on any atom is 0.0349 e. The lowest BCUT2D eigenvalue weighted by atomic mass is 9.95. The molecule has 0 aromatic heterocycles. The third-order valence-corrected chi connectivity index (χ3v) is 2.29. The molecular formula is C12H19N. The van der Waals surface area contributed by atoms with Crippen LogP contribution in [0.15, 0.2) is 18.2 Å². The Morgan fingerprint density at radius 1 is 1.31 bits per heavy atom. The van der Waals surface area contributed by atoms with Crippen LogP contribution in [0.3, 0.4) is 0 Å². The largest absolute Gasteiger partial charge is 0.398 e. The summed E-state index contributed by atoms with van der Waals surface area (Å²) in [5.41, 5.74) is 9.60. The standard InChI is InChI=1S/C12H19N/c1-4-11-10(8-9(2)3)6-5-7-12(11)13/h5-7,9H,4,8,13H2,1-3H3. The summed E-state index contributed by atoms with van der Waals surface area (Å²) < 4.78 is 0. The molecule has 0 unspecified atom stereocenters. The van der Waals surface area contributed by atoms with Crippen molar-refractivity contribution in [1.29, 1.82) is 0 Å². The summed E-state index contributed by atoms with van der Waals surface area (Å²) in [6.45, 7) is 6.64. The van der Waals surface area contributed by atoms with E-state index in [0.717, 1.165) is 18.5 Å². The molecule has 0 radical (unpaired) electrons. The Kier molecular flexibility index (Phi) is 3.35. The predicted molar refractivity (Wildman–Crippen MR) is 58.8 cm³/mol. The molecule has 0 aliphatic rings. The van der Waals surface area contributed by atoms with Crippen molar-refractivity contribution in [2.45, 2.75) is 33.6 Å². The van der Waals surface area contributed by atoms with Crippen LogP contribution in [0.5, 0.6) is 0 Å². The van der Waals surface area contributed by atoms with E-state index in [1.807, 2.05) is 12.1 Å². The van der Waals surface area contributed by atoms with E-state index >= 15 is 0 Å². The molecule has 13 heavy (non-hydrogen) atoms. The van der Waals surface area contributed by atoms with Gasteiger partial charge in [-0.3, -0.25) is 0 Å². The Hall–Kier alpha value is -0.980. The Bertz CT molecular complexity index is 276. The van der Waals surface area contributed by atoms with Gasteiger partial charge in [0.15, 0.2) is 0 Å². The number of nitrogens with two attached hydrogens (primary N) is 1. The van der Waals surface area contributed by atoms with Crippen LogP contribution in [0.25, 0.3) is 0 Å². The zero-order valence-electron chi connectivity index (χ0n) is 8.80. The van der Waals surface area contributed by atoms with E-state index in [-0.39, 0.29) is 0 Å². The highest BCUT2D eigenvalue weighted by Crippen LogP contribution is 2.20. The first-order valence-electron chi connectivity index (χ1n) is 5.01. The van der Waals surface area contributed by atoms with E-state index in [9.17, 15) is 0 Å². The van der Waals surface area contributed by atoms with Crippen molar-refractivity contribution in [3.8, 4) is 0 Å². The summed E-state index contributed by atoms with van der Waals surface area (Å²) in [5.74, 6) is 0.701. The lowest BCUT2D eigenvalue weighted by molar-refractivity contribution is 0.643. The molecule has 2 N–H and O–H groups in total. The first-order chi connectivity index (χ1) is 6.15. The Morgan fingerprint density at radius 3 is 2.54 bits per heavy atom. The Labute approximate surface area is 81.0 Å². The zero-order chi connectivity index (χ0) is 9.84. The second kappa shape index (κ2) is 4.31. The van der Waals surface area contributed by atoms with Gasteiger partial charge in [-0.05, 0) is 36.0 Å². The number of benzene rings is 1. The van der Waals surface area contributed by atoms with Crippen LogP contribution in [0.2, 0.25) is 0 Å². The van der Waals surface area contributed by atoms with Crippen molar-refractivity contribution in [1.82, 2.24) is 0 Å². The number of hydrogen-bond donors (Lipinski definition) is 1. The van der Waals surface area contributed by atoms with Gasteiger partial charge < -0.3 is 5.73 Å². The summed E-state index contributed by atoms with van der Waals surface area (Å²) in [6.07, 6.45) is 2.17. The van der Waals surface area contributed by atoms with Crippen molar-refractivity contribution in [3.63, 3.8) is 0 Å². The third-order valence-electron chi connectivity index (χ3n) is 2.29. The van der Waals surface area contributed by atoms with E-state index in [0.29, 0.717) is 5.92 Å². The SMILES string of the molecule is CCc1c(N)cccc1CC(C)C. The van der Waals surface area contributed by atoms with Crippen LogP contribution >= 0.6 is 0 Å². The monoisotopic (exact) mass is 177 g/mol. The van der Waals surface area contributed by atoms with E-state index in [2.05, 4.69) is 26.8 Å². The maximum atomic E-state index is 5.91. The summed E-state index contributed by atoms with van der Waals surface area (Å²) >= 11 is 0. The molecule has 0 fully saturated rings. The quantitative estimate of drug-likeness (QED) is 0.706. The smallest absolute Gasteiger partial charge is 0.0349 e. The molecule has 0 aliphatic heterocycles. The van der Waals surface area contributed by atoms with Crippen LogP contribution in [0.1, 0.15) is 31.9 Å². The fourth-order valence-corrected chi connectivity index (χ4v) is 1.72. The van der Waals surface area contributed by atoms with Gasteiger partial charge in [-0.25, -0.2) is 0 Å². The second-order valence-electron chi connectivity index (χ2n) is 3.94. The molecule has 72 valence electrons. The van der Waals surface area contributed by atoms with Crippen LogP contribution in [-0.2, 0) is 12.8 Å². The molecule has 1 aromatic rings. The first-order valence-corrected chi connectivity index (χ1v) is 5.01. The average Bonchev–Trinajstić information content (AvgIpc) is 2.03. The molecule has 0 amide bonds. The predicted octanol–water partition coefficient (Wildman–Crippen LogP) is 3.03. The van der Waals surface area contributed by atoms with Crippen molar-refractivity contribution in [3.05, 3.63) is 29.3 Å². The highest BCUT2D eigenvalue weighted by Gasteiger charge is 2.05. The molecule has 0 aliphatic carbocycles. The molecule has 0 spiro atoms. The normalized spacial score (nSPS) is 10.8. The lowest BCUT2D eigenvalue weighted by Gasteiger charge is -2.12. The molecule has 0 atom stereocenters. The molecule has 1 rings (SSSR count). The van der Waals surface area contributed by atoms with Gasteiger partial charge >= 0.3 is 0 Å². The molecule has 0 saturated carbocycles.